The van der Waals surface area contributed by atoms with Gasteiger partial charge in [-0.3, -0.25) is 9.89 Å². The van der Waals surface area contributed by atoms with Crippen molar-refractivity contribution >= 4 is 15.9 Å². The molecule has 1 aliphatic heterocycles. The van der Waals surface area contributed by atoms with Crippen molar-refractivity contribution in [3.8, 4) is 0 Å². The molecule has 0 bridgehead atoms. The Labute approximate surface area is 99.0 Å². The van der Waals surface area contributed by atoms with E-state index in [-0.39, 0.29) is 23.4 Å². The number of hydrogen-bond acceptors (Lipinski definition) is 4. The Morgan fingerprint density at radius 2 is 2.35 bits per heavy atom. The number of rotatable bonds is 4. The van der Waals surface area contributed by atoms with E-state index in [1.54, 1.807) is 6.92 Å². The summed E-state index contributed by atoms with van der Waals surface area (Å²) in [5.41, 5.74) is 0.493. The zero-order chi connectivity index (χ0) is 12.5. The Morgan fingerprint density at radius 3 is 2.88 bits per heavy atom. The van der Waals surface area contributed by atoms with Crippen LogP contribution in [-0.2, 0) is 14.8 Å². The summed E-state index contributed by atoms with van der Waals surface area (Å²) in [6.45, 7) is 1.84. The molecule has 0 aromatic carbocycles. The van der Waals surface area contributed by atoms with Gasteiger partial charge in [0.05, 0.1) is 11.9 Å². The molecule has 0 radical (unpaired) electrons. The van der Waals surface area contributed by atoms with Gasteiger partial charge in [-0.15, -0.1) is 0 Å². The zero-order valence-corrected chi connectivity index (χ0v) is 10.2. The lowest BCUT2D eigenvalue weighted by Crippen LogP contribution is -2.38. The van der Waals surface area contributed by atoms with Gasteiger partial charge in [-0.05, 0) is 13.3 Å². The van der Waals surface area contributed by atoms with Crippen molar-refractivity contribution in [2.45, 2.75) is 30.7 Å². The second-order valence-electron chi connectivity index (χ2n) is 4.01. The minimum atomic E-state index is -3.55. The van der Waals surface area contributed by atoms with E-state index in [0.717, 1.165) is 0 Å². The number of nitrogens with zero attached hydrogens (tertiary/aromatic N) is 1. The van der Waals surface area contributed by atoms with Crippen LogP contribution in [0.2, 0.25) is 0 Å². The third kappa shape index (κ3) is 2.64. The van der Waals surface area contributed by atoms with Crippen LogP contribution in [0.4, 0.5) is 0 Å². The molecule has 94 valence electrons. The van der Waals surface area contributed by atoms with Crippen molar-refractivity contribution in [1.29, 1.82) is 0 Å². The molecule has 2 rings (SSSR count). The molecule has 8 heteroatoms. The van der Waals surface area contributed by atoms with E-state index in [9.17, 15) is 13.2 Å². The molecule has 1 fully saturated rings. The molecular weight excluding hydrogens is 244 g/mol. The minimum Gasteiger partial charge on any atom is -0.352 e. The van der Waals surface area contributed by atoms with Gasteiger partial charge in [-0.1, -0.05) is 0 Å². The van der Waals surface area contributed by atoms with E-state index >= 15 is 0 Å². The van der Waals surface area contributed by atoms with Crippen LogP contribution in [0, 0.1) is 6.92 Å². The first-order valence-corrected chi connectivity index (χ1v) is 6.76. The van der Waals surface area contributed by atoms with Crippen molar-refractivity contribution in [2.75, 3.05) is 6.54 Å². The van der Waals surface area contributed by atoms with Crippen molar-refractivity contribution in [1.82, 2.24) is 20.2 Å². The Kier molecular flexibility index (Phi) is 3.16. The van der Waals surface area contributed by atoms with Gasteiger partial charge >= 0.3 is 0 Å². The number of H-pyrrole nitrogens is 1. The summed E-state index contributed by atoms with van der Waals surface area (Å²) in [7, 11) is -3.55. The van der Waals surface area contributed by atoms with Crippen LogP contribution in [-0.4, -0.2) is 37.1 Å². The van der Waals surface area contributed by atoms with E-state index in [4.69, 9.17) is 0 Å². The quantitative estimate of drug-likeness (QED) is 0.662. The molecule has 1 aromatic rings. The summed E-state index contributed by atoms with van der Waals surface area (Å²) >= 11 is 0. The number of amides is 1. The lowest BCUT2D eigenvalue weighted by atomic mass is 10.2. The Morgan fingerprint density at radius 1 is 1.59 bits per heavy atom. The number of aromatic nitrogens is 2. The molecule has 1 aromatic heterocycles. The zero-order valence-electron chi connectivity index (χ0n) is 9.36. The molecule has 1 atom stereocenters. The maximum absolute atomic E-state index is 11.9. The standard InChI is InChI=1S/C9H14N4O3S/c1-6-8(5-10-13-6)17(15,16)11-4-7-2-3-9(14)12-7/h5,7,11H,2-4H2,1H3,(H,10,13)(H,12,14). The van der Waals surface area contributed by atoms with Crippen LogP contribution >= 0.6 is 0 Å². The molecule has 7 nitrogen and oxygen atoms in total. The fraction of sp³-hybridized carbons (Fsp3) is 0.556. The largest absolute Gasteiger partial charge is 0.352 e. The molecule has 0 spiro atoms. The van der Waals surface area contributed by atoms with Crippen molar-refractivity contribution in [2.24, 2.45) is 0 Å². The third-order valence-corrected chi connectivity index (χ3v) is 4.22. The van der Waals surface area contributed by atoms with Gasteiger partial charge in [0.25, 0.3) is 0 Å². The van der Waals surface area contributed by atoms with E-state index in [1.165, 1.54) is 6.20 Å². The number of carbonyl (C=O) groups is 1. The van der Waals surface area contributed by atoms with Crippen LogP contribution in [0.3, 0.4) is 0 Å². The van der Waals surface area contributed by atoms with Gasteiger partial charge in [-0.25, -0.2) is 13.1 Å². The fourth-order valence-corrected chi connectivity index (χ4v) is 2.95. The fourth-order valence-electron chi connectivity index (χ4n) is 1.73. The van der Waals surface area contributed by atoms with Crippen molar-refractivity contribution < 1.29 is 13.2 Å². The maximum atomic E-state index is 11.9. The second kappa shape index (κ2) is 4.46. The number of nitrogens with one attached hydrogen (secondary N) is 3. The van der Waals surface area contributed by atoms with E-state index in [0.29, 0.717) is 18.5 Å². The Bertz CT molecular complexity index is 522. The molecule has 1 aliphatic rings. The smallest absolute Gasteiger partial charge is 0.244 e. The first kappa shape index (κ1) is 12.1. The Hall–Kier alpha value is -1.41. The summed E-state index contributed by atoms with van der Waals surface area (Å²) < 4.78 is 26.2. The number of aromatic amines is 1. The van der Waals surface area contributed by atoms with E-state index in [1.807, 2.05) is 0 Å². The average Bonchev–Trinajstić information content (AvgIpc) is 2.85. The van der Waals surface area contributed by atoms with Gasteiger partial charge in [0.2, 0.25) is 15.9 Å². The lowest BCUT2D eigenvalue weighted by Gasteiger charge is -2.11. The number of sulfonamides is 1. The molecule has 1 unspecified atom stereocenters. The second-order valence-corrected chi connectivity index (χ2v) is 5.75. The number of aryl methyl sites for hydroxylation is 1. The highest BCUT2D eigenvalue weighted by Gasteiger charge is 2.24. The normalized spacial score (nSPS) is 20.5. The maximum Gasteiger partial charge on any atom is 0.244 e. The van der Waals surface area contributed by atoms with Gasteiger partial charge in [0.15, 0.2) is 0 Å². The van der Waals surface area contributed by atoms with E-state index in [2.05, 4.69) is 20.2 Å². The summed E-state index contributed by atoms with van der Waals surface area (Å²) in [4.78, 5) is 11.1. The predicted molar refractivity (Wildman–Crippen MR) is 59.7 cm³/mol. The van der Waals surface area contributed by atoms with Crippen LogP contribution in [0.25, 0.3) is 0 Å². The summed E-state index contributed by atoms with van der Waals surface area (Å²) in [6.07, 6.45) is 2.38. The summed E-state index contributed by atoms with van der Waals surface area (Å²) in [5, 5.41) is 8.93. The van der Waals surface area contributed by atoms with E-state index < -0.39 is 10.0 Å². The third-order valence-electron chi connectivity index (χ3n) is 2.68. The van der Waals surface area contributed by atoms with Crippen molar-refractivity contribution in [3.63, 3.8) is 0 Å². The highest BCUT2D eigenvalue weighted by molar-refractivity contribution is 7.89. The molecule has 0 aliphatic carbocycles. The molecular formula is C9H14N4O3S. The van der Waals surface area contributed by atoms with Gasteiger partial charge in [0, 0.05) is 19.0 Å². The van der Waals surface area contributed by atoms with Crippen LogP contribution in [0.15, 0.2) is 11.1 Å². The number of hydrogen-bond donors (Lipinski definition) is 3. The monoisotopic (exact) mass is 258 g/mol. The first-order chi connectivity index (χ1) is 7.99. The van der Waals surface area contributed by atoms with Gasteiger partial charge in [-0.2, -0.15) is 5.10 Å². The predicted octanol–water partition coefficient (Wildman–Crippen LogP) is -0.725. The molecule has 1 saturated heterocycles. The molecule has 1 amide bonds. The van der Waals surface area contributed by atoms with Crippen LogP contribution < -0.4 is 10.0 Å². The first-order valence-electron chi connectivity index (χ1n) is 5.28. The highest BCUT2D eigenvalue weighted by atomic mass is 32.2. The molecule has 2 heterocycles. The van der Waals surface area contributed by atoms with Crippen LogP contribution in [0.5, 0.6) is 0 Å². The molecule has 17 heavy (non-hydrogen) atoms. The Balaban J connectivity index is 1.99. The van der Waals surface area contributed by atoms with Crippen molar-refractivity contribution in [3.05, 3.63) is 11.9 Å². The topological polar surface area (TPSA) is 104 Å². The lowest BCUT2D eigenvalue weighted by molar-refractivity contribution is -0.119. The number of carbonyl (C=O) groups excluding carboxylic acids is 1. The molecule has 0 saturated carbocycles. The summed E-state index contributed by atoms with van der Waals surface area (Å²) in [5.74, 6) is -0.0336. The highest BCUT2D eigenvalue weighted by Crippen LogP contribution is 2.11. The SMILES string of the molecule is Cc1[nH]ncc1S(=O)(=O)NCC1CCC(=O)N1. The van der Waals surface area contributed by atoms with Gasteiger partial charge in [0.1, 0.15) is 4.90 Å². The molecule has 3 N–H and O–H groups in total. The van der Waals surface area contributed by atoms with Gasteiger partial charge < -0.3 is 5.32 Å². The minimum absolute atomic E-state index is 0.0336. The summed E-state index contributed by atoms with van der Waals surface area (Å²) in [6, 6.07) is -0.121. The van der Waals surface area contributed by atoms with Crippen LogP contribution in [0.1, 0.15) is 18.5 Å². The average molecular weight is 258 g/mol.